The molecule has 2 N–H and O–H groups in total. The van der Waals surface area contributed by atoms with Crippen LogP contribution in [0.15, 0.2) is 91.0 Å². The summed E-state index contributed by atoms with van der Waals surface area (Å²) in [7, 11) is 0. The molecule has 0 unspecified atom stereocenters. The van der Waals surface area contributed by atoms with E-state index in [1.807, 2.05) is 66.7 Å². The van der Waals surface area contributed by atoms with E-state index < -0.39 is 0 Å². The maximum Gasteiger partial charge on any atom is 0.234 e. The molecule has 0 radical (unpaired) electrons. The van der Waals surface area contributed by atoms with E-state index in [-0.39, 0.29) is 30.9 Å². The van der Waals surface area contributed by atoms with E-state index in [1.54, 1.807) is 0 Å². The van der Waals surface area contributed by atoms with Gasteiger partial charge in [-0.05, 0) is 16.7 Å². The summed E-state index contributed by atoms with van der Waals surface area (Å²) in [5.74, 6) is -0.0132. The van der Waals surface area contributed by atoms with Crippen molar-refractivity contribution >= 4 is 18.3 Å². The molecule has 3 rings (SSSR count). The van der Waals surface area contributed by atoms with Crippen LogP contribution in [0.25, 0.3) is 0 Å². The van der Waals surface area contributed by atoms with Gasteiger partial charge in [-0.3, -0.25) is 10.1 Å². The Morgan fingerprint density at radius 2 is 1.19 bits per heavy atom. The van der Waals surface area contributed by atoms with Crippen LogP contribution in [0, 0.1) is 0 Å². The Kier molecular flexibility index (Phi) is 7.87. The molecule has 0 aliphatic carbocycles. The zero-order valence-electron chi connectivity index (χ0n) is 14.5. The predicted octanol–water partition coefficient (Wildman–Crippen LogP) is 4.10. The SMILES string of the molecule is Cl.O=C(CNC(c1ccccc1)c1ccccc1)NCc1ccccc1. The van der Waals surface area contributed by atoms with Gasteiger partial charge < -0.3 is 5.32 Å². The summed E-state index contributed by atoms with van der Waals surface area (Å²) in [6.45, 7) is 0.810. The van der Waals surface area contributed by atoms with Crippen molar-refractivity contribution in [2.75, 3.05) is 6.54 Å². The van der Waals surface area contributed by atoms with Crippen molar-refractivity contribution in [2.24, 2.45) is 0 Å². The van der Waals surface area contributed by atoms with Crippen molar-refractivity contribution in [3.63, 3.8) is 0 Å². The third-order valence-corrected chi connectivity index (χ3v) is 4.07. The highest BCUT2D eigenvalue weighted by atomic mass is 35.5. The molecule has 0 spiro atoms. The molecule has 0 saturated heterocycles. The Labute approximate surface area is 160 Å². The molecular weight excluding hydrogens is 344 g/mol. The minimum Gasteiger partial charge on any atom is -0.351 e. The van der Waals surface area contributed by atoms with Gasteiger partial charge in [0, 0.05) is 6.54 Å². The summed E-state index contributed by atoms with van der Waals surface area (Å²) < 4.78 is 0. The Balaban J connectivity index is 0.00000243. The fourth-order valence-electron chi connectivity index (χ4n) is 2.77. The lowest BCUT2D eigenvalue weighted by Gasteiger charge is -2.19. The number of hydrogen-bond donors (Lipinski definition) is 2. The normalized spacial score (nSPS) is 10.2. The van der Waals surface area contributed by atoms with Gasteiger partial charge in [0.25, 0.3) is 0 Å². The van der Waals surface area contributed by atoms with Gasteiger partial charge >= 0.3 is 0 Å². The first-order valence-electron chi connectivity index (χ1n) is 8.47. The monoisotopic (exact) mass is 366 g/mol. The largest absolute Gasteiger partial charge is 0.351 e. The molecule has 0 aliphatic heterocycles. The van der Waals surface area contributed by atoms with Crippen LogP contribution in [0.3, 0.4) is 0 Å². The third-order valence-electron chi connectivity index (χ3n) is 4.07. The number of carbonyl (C=O) groups is 1. The minimum absolute atomic E-state index is 0. The van der Waals surface area contributed by atoms with Crippen LogP contribution in [0.1, 0.15) is 22.7 Å². The lowest BCUT2D eigenvalue weighted by atomic mass is 9.99. The zero-order chi connectivity index (χ0) is 17.3. The van der Waals surface area contributed by atoms with Gasteiger partial charge in [0.1, 0.15) is 0 Å². The highest BCUT2D eigenvalue weighted by Crippen LogP contribution is 2.21. The van der Waals surface area contributed by atoms with Gasteiger partial charge in [0.05, 0.1) is 12.6 Å². The van der Waals surface area contributed by atoms with Crippen molar-refractivity contribution in [1.29, 1.82) is 0 Å². The number of nitrogens with one attached hydrogen (secondary N) is 2. The fourth-order valence-corrected chi connectivity index (χ4v) is 2.77. The highest BCUT2D eigenvalue weighted by Gasteiger charge is 2.14. The van der Waals surface area contributed by atoms with Gasteiger partial charge in [-0.25, -0.2) is 0 Å². The van der Waals surface area contributed by atoms with Gasteiger partial charge in [0.2, 0.25) is 5.91 Å². The number of hydrogen-bond acceptors (Lipinski definition) is 2. The molecule has 134 valence electrons. The second-order valence-corrected chi connectivity index (χ2v) is 5.90. The molecule has 0 aromatic heterocycles. The van der Waals surface area contributed by atoms with Crippen molar-refractivity contribution in [3.8, 4) is 0 Å². The van der Waals surface area contributed by atoms with E-state index in [0.717, 1.165) is 16.7 Å². The zero-order valence-corrected chi connectivity index (χ0v) is 15.3. The molecule has 1 amide bonds. The molecule has 0 fully saturated rings. The average molecular weight is 367 g/mol. The number of benzene rings is 3. The summed E-state index contributed by atoms with van der Waals surface area (Å²) in [5.41, 5.74) is 3.38. The summed E-state index contributed by atoms with van der Waals surface area (Å²) in [6.07, 6.45) is 0. The van der Waals surface area contributed by atoms with Gasteiger partial charge in [-0.1, -0.05) is 91.0 Å². The Morgan fingerprint density at radius 1 is 0.731 bits per heavy atom. The average Bonchev–Trinajstić information content (AvgIpc) is 2.69. The molecule has 26 heavy (non-hydrogen) atoms. The number of carbonyl (C=O) groups excluding carboxylic acids is 1. The van der Waals surface area contributed by atoms with Gasteiger partial charge in [0.15, 0.2) is 0 Å². The van der Waals surface area contributed by atoms with Crippen molar-refractivity contribution in [2.45, 2.75) is 12.6 Å². The van der Waals surface area contributed by atoms with E-state index in [9.17, 15) is 4.79 Å². The highest BCUT2D eigenvalue weighted by molar-refractivity contribution is 5.85. The Hall–Kier alpha value is -2.62. The molecule has 0 saturated carbocycles. The molecule has 4 heteroatoms. The van der Waals surface area contributed by atoms with Crippen LogP contribution >= 0.6 is 12.4 Å². The van der Waals surface area contributed by atoms with Crippen LogP contribution in [0.2, 0.25) is 0 Å². The van der Waals surface area contributed by atoms with E-state index in [4.69, 9.17) is 0 Å². The third kappa shape index (κ3) is 5.73. The molecule has 0 heterocycles. The second kappa shape index (κ2) is 10.4. The van der Waals surface area contributed by atoms with Gasteiger partial charge in [-0.2, -0.15) is 0 Å². The van der Waals surface area contributed by atoms with E-state index in [1.165, 1.54) is 0 Å². The topological polar surface area (TPSA) is 41.1 Å². The minimum atomic E-state index is -0.0132. The maximum atomic E-state index is 12.2. The number of halogens is 1. The maximum absolute atomic E-state index is 12.2. The van der Waals surface area contributed by atoms with Crippen molar-refractivity contribution in [1.82, 2.24) is 10.6 Å². The van der Waals surface area contributed by atoms with Crippen LogP contribution in [0.5, 0.6) is 0 Å². The summed E-state index contributed by atoms with van der Waals surface area (Å²) in [4.78, 5) is 12.2. The van der Waals surface area contributed by atoms with Crippen molar-refractivity contribution in [3.05, 3.63) is 108 Å². The number of amides is 1. The lowest BCUT2D eigenvalue weighted by Crippen LogP contribution is -2.35. The smallest absolute Gasteiger partial charge is 0.234 e. The Morgan fingerprint density at radius 3 is 1.69 bits per heavy atom. The molecule has 0 atom stereocenters. The summed E-state index contributed by atoms with van der Waals surface area (Å²) >= 11 is 0. The quantitative estimate of drug-likeness (QED) is 0.660. The standard InChI is InChI=1S/C22H22N2O.ClH/c25-21(23-16-18-10-4-1-5-11-18)17-24-22(19-12-6-2-7-13-19)20-14-8-3-9-15-20;/h1-15,22,24H,16-17H2,(H,23,25);1H. The number of rotatable bonds is 7. The van der Waals surface area contributed by atoms with Crippen LogP contribution in [0.4, 0.5) is 0 Å². The summed E-state index contributed by atoms with van der Waals surface area (Å²) in [6, 6.07) is 30.3. The van der Waals surface area contributed by atoms with E-state index >= 15 is 0 Å². The molecular formula is C22H23ClN2O. The van der Waals surface area contributed by atoms with E-state index in [0.29, 0.717) is 6.54 Å². The summed E-state index contributed by atoms with van der Waals surface area (Å²) in [5, 5.41) is 6.33. The lowest BCUT2D eigenvalue weighted by molar-refractivity contribution is -0.120. The van der Waals surface area contributed by atoms with Crippen LogP contribution < -0.4 is 10.6 Å². The first-order valence-corrected chi connectivity index (χ1v) is 8.47. The van der Waals surface area contributed by atoms with Crippen LogP contribution in [-0.2, 0) is 11.3 Å². The molecule has 3 aromatic rings. The molecule has 3 aromatic carbocycles. The molecule has 0 aliphatic rings. The second-order valence-electron chi connectivity index (χ2n) is 5.90. The molecule has 3 nitrogen and oxygen atoms in total. The van der Waals surface area contributed by atoms with Gasteiger partial charge in [-0.15, -0.1) is 12.4 Å². The molecule has 0 bridgehead atoms. The first kappa shape index (κ1) is 19.7. The predicted molar refractivity (Wildman–Crippen MR) is 108 cm³/mol. The van der Waals surface area contributed by atoms with Crippen molar-refractivity contribution < 1.29 is 4.79 Å². The fraction of sp³-hybridized carbons (Fsp3) is 0.136. The Bertz CT molecular complexity index is 740. The van der Waals surface area contributed by atoms with Crippen LogP contribution in [-0.4, -0.2) is 12.5 Å². The van der Waals surface area contributed by atoms with E-state index in [2.05, 4.69) is 34.9 Å². The first-order chi connectivity index (χ1) is 12.3.